The number of benzene rings is 1. The zero-order chi connectivity index (χ0) is 16.8. The lowest BCUT2D eigenvalue weighted by atomic mass is 9.95. The summed E-state index contributed by atoms with van der Waals surface area (Å²) in [6, 6.07) is 7.50. The molecule has 2 amide bonds. The van der Waals surface area contributed by atoms with Crippen LogP contribution in [0.4, 0.5) is 0 Å². The van der Waals surface area contributed by atoms with Crippen molar-refractivity contribution < 1.29 is 19.1 Å². The second-order valence-electron chi connectivity index (χ2n) is 6.02. The number of ether oxygens (including phenoxy) is 1. The molecule has 1 aromatic rings. The van der Waals surface area contributed by atoms with E-state index < -0.39 is 23.9 Å². The highest BCUT2D eigenvalue weighted by atomic mass is 16.6. The lowest BCUT2D eigenvalue weighted by Crippen LogP contribution is -2.43. The third-order valence-corrected chi connectivity index (χ3v) is 2.55. The average Bonchev–Trinajstić information content (AvgIpc) is 2.37. The zero-order valence-corrected chi connectivity index (χ0v) is 13.4. The Bertz CT molecular complexity index is 550. The predicted octanol–water partition coefficient (Wildman–Crippen LogP) is -0.633. The molecule has 2 N–H and O–H groups in total. The van der Waals surface area contributed by atoms with Gasteiger partial charge < -0.3 is 4.74 Å². The Balaban J connectivity index is 2.33. The zero-order valence-electron chi connectivity index (χ0n) is 13.4. The first-order valence-electron chi connectivity index (χ1n) is 7.01. The Morgan fingerprint density at radius 3 is 2.14 bits per heavy atom. The molecular weight excluding hydrogens is 283 g/mol. The maximum Gasteiger partial charge on any atom is 0.315 e. The van der Waals surface area contributed by atoms with Crippen LogP contribution in [0.1, 0.15) is 32.8 Å². The Kier molecular flexibility index (Phi) is 6.16. The van der Waals surface area contributed by atoms with Gasteiger partial charge in [0.2, 0.25) is 11.8 Å². The quantitative estimate of drug-likeness (QED) is 0.336. The van der Waals surface area contributed by atoms with Crippen molar-refractivity contribution in [2.24, 2.45) is 0 Å². The largest absolute Gasteiger partial charge is 0.460 e. The molecular formula is C15H21BN2O4. The summed E-state index contributed by atoms with van der Waals surface area (Å²) in [5.74, 6) is -1.62. The van der Waals surface area contributed by atoms with E-state index >= 15 is 0 Å². The molecule has 22 heavy (non-hydrogen) atoms. The number of carbonyl (C=O) groups is 3. The summed E-state index contributed by atoms with van der Waals surface area (Å²) >= 11 is 0. The van der Waals surface area contributed by atoms with Gasteiger partial charge in [0, 0.05) is 0 Å². The van der Waals surface area contributed by atoms with Crippen LogP contribution < -0.4 is 16.3 Å². The number of amides is 2. The van der Waals surface area contributed by atoms with Gasteiger partial charge in [0.15, 0.2) is 0 Å². The normalized spacial score (nSPS) is 10.7. The van der Waals surface area contributed by atoms with Crippen molar-refractivity contribution >= 4 is 31.1 Å². The number of hydrogen-bond acceptors (Lipinski definition) is 4. The van der Waals surface area contributed by atoms with Gasteiger partial charge in [0.25, 0.3) is 0 Å². The molecule has 6 nitrogen and oxygen atoms in total. The van der Waals surface area contributed by atoms with Gasteiger partial charge in [-0.15, -0.1) is 0 Å². The lowest BCUT2D eigenvalue weighted by Gasteiger charge is -2.19. The number of carbonyl (C=O) groups excluding carboxylic acids is 3. The van der Waals surface area contributed by atoms with E-state index in [0.29, 0.717) is 0 Å². The van der Waals surface area contributed by atoms with Crippen LogP contribution in [0.25, 0.3) is 0 Å². The molecule has 0 aliphatic rings. The van der Waals surface area contributed by atoms with E-state index in [1.807, 2.05) is 32.1 Å². The second-order valence-corrected chi connectivity index (χ2v) is 6.02. The first kappa shape index (κ1) is 17.7. The molecule has 0 bridgehead atoms. The molecule has 0 atom stereocenters. The molecule has 0 aromatic heterocycles. The Hall–Kier alpha value is -2.31. The van der Waals surface area contributed by atoms with Gasteiger partial charge in [0.1, 0.15) is 19.9 Å². The Morgan fingerprint density at radius 2 is 1.59 bits per heavy atom. The van der Waals surface area contributed by atoms with Crippen LogP contribution in [-0.4, -0.2) is 31.2 Å². The van der Waals surface area contributed by atoms with Gasteiger partial charge in [-0.3, -0.25) is 25.2 Å². The molecule has 0 heterocycles. The van der Waals surface area contributed by atoms with Gasteiger partial charge in [-0.2, -0.15) is 0 Å². The molecule has 0 spiro atoms. The van der Waals surface area contributed by atoms with Crippen molar-refractivity contribution in [1.82, 2.24) is 10.9 Å². The maximum absolute atomic E-state index is 11.7. The first-order valence-corrected chi connectivity index (χ1v) is 7.01. The molecule has 0 saturated carbocycles. The van der Waals surface area contributed by atoms with Crippen molar-refractivity contribution in [2.75, 3.05) is 0 Å². The Labute approximate surface area is 131 Å². The fraction of sp³-hybridized carbons (Fsp3) is 0.400. The summed E-state index contributed by atoms with van der Waals surface area (Å²) in [6.07, 6.45) is -0.297. The van der Waals surface area contributed by atoms with Gasteiger partial charge in [-0.1, -0.05) is 29.7 Å². The Morgan fingerprint density at radius 1 is 1.05 bits per heavy atom. The summed E-state index contributed by atoms with van der Waals surface area (Å²) in [4.78, 5) is 34.6. The number of nitrogens with one attached hydrogen (secondary N) is 2. The smallest absolute Gasteiger partial charge is 0.315 e. The van der Waals surface area contributed by atoms with E-state index in [1.54, 1.807) is 20.8 Å². The van der Waals surface area contributed by atoms with Gasteiger partial charge >= 0.3 is 5.97 Å². The standard InChI is InChI=1S/C15H21BN2O4/c1-15(2,3)22-14(21)9-13(20)18-17-12(19)8-10-4-6-11(16)7-5-10/h4-7H,8-9,16H2,1-3H3,(H,17,19)(H,18,20). The van der Waals surface area contributed by atoms with Crippen LogP contribution in [0, 0.1) is 0 Å². The number of hydrogen-bond donors (Lipinski definition) is 2. The van der Waals surface area contributed by atoms with Gasteiger partial charge in [0.05, 0.1) is 6.42 Å². The number of rotatable bonds is 4. The highest BCUT2D eigenvalue weighted by Crippen LogP contribution is 2.07. The van der Waals surface area contributed by atoms with Crippen molar-refractivity contribution in [1.29, 1.82) is 0 Å². The summed E-state index contributed by atoms with van der Waals surface area (Å²) in [5.41, 5.74) is 5.76. The van der Waals surface area contributed by atoms with E-state index in [1.165, 1.54) is 0 Å². The van der Waals surface area contributed by atoms with Gasteiger partial charge in [-0.05, 0) is 26.3 Å². The van der Waals surface area contributed by atoms with Crippen molar-refractivity contribution in [2.45, 2.75) is 39.2 Å². The monoisotopic (exact) mass is 304 g/mol. The molecule has 0 saturated heterocycles. The molecule has 7 heteroatoms. The van der Waals surface area contributed by atoms with E-state index in [9.17, 15) is 14.4 Å². The van der Waals surface area contributed by atoms with Crippen LogP contribution in [0.15, 0.2) is 24.3 Å². The lowest BCUT2D eigenvalue weighted by molar-refractivity contribution is -0.156. The summed E-state index contributed by atoms with van der Waals surface area (Å²) in [7, 11) is 1.96. The minimum Gasteiger partial charge on any atom is -0.460 e. The molecule has 0 fully saturated rings. The molecule has 0 aliphatic carbocycles. The summed E-state index contributed by atoms with van der Waals surface area (Å²) in [6.45, 7) is 5.14. The van der Waals surface area contributed by atoms with Crippen LogP contribution in [0.2, 0.25) is 0 Å². The molecule has 118 valence electrons. The topological polar surface area (TPSA) is 84.5 Å². The van der Waals surface area contributed by atoms with Crippen LogP contribution in [-0.2, 0) is 25.5 Å². The highest BCUT2D eigenvalue weighted by Gasteiger charge is 2.19. The molecule has 1 rings (SSSR count). The van der Waals surface area contributed by atoms with Crippen LogP contribution >= 0.6 is 0 Å². The molecule has 0 radical (unpaired) electrons. The van der Waals surface area contributed by atoms with Crippen molar-refractivity contribution in [3.63, 3.8) is 0 Å². The third kappa shape index (κ3) is 7.47. The van der Waals surface area contributed by atoms with Crippen molar-refractivity contribution in [3.8, 4) is 0 Å². The minimum atomic E-state index is -0.647. The SMILES string of the molecule is Bc1ccc(CC(=O)NNC(=O)CC(=O)OC(C)(C)C)cc1. The molecule has 0 unspecified atom stereocenters. The van der Waals surface area contributed by atoms with E-state index in [-0.39, 0.29) is 12.3 Å². The average molecular weight is 304 g/mol. The number of hydrazine groups is 1. The fourth-order valence-electron chi connectivity index (χ4n) is 1.63. The maximum atomic E-state index is 11.7. The molecule has 1 aromatic carbocycles. The molecule has 0 aliphatic heterocycles. The van der Waals surface area contributed by atoms with E-state index in [4.69, 9.17) is 4.74 Å². The fourth-order valence-corrected chi connectivity index (χ4v) is 1.63. The van der Waals surface area contributed by atoms with Crippen molar-refractivity contribution in [3.05, 3.63) is 29.8 Å². The van der Waals surface area contributed by atoms with E-state index in [2.05, 4.69) is 10.9 Å². The van der Waals surface area contributed by atoms with Crippen LogP contribution in [0.5, 0.6) is 0 Å². The van der Waals surface area contributed by atoms with Crippen LogP contribution in [0.3, 0.4) is 0 Å². The highest BCUT2D eigenvalue weighted by molar-refractivity contribution is 6.32. The minimum absolute atomic E-state index is 0.146. The summed E-state index contributed by atoms with van der Waals surface area (Å²) < 4.78 is 5.01. The second kappa shape index (κ2) is 7.63. The number of esters is 1. The predicted molar refractivity (Wildman–Crippen MR) is 85.1 cm³/mol. The summed E-state index contributed by atoms with van der Waals surface area (Å²) in [5, 5.41) is 0. The third-order valence-electron chi connectivity index (χ3n) is 2.55. The van der Waals surface area contributed by atoms with E-state index in [0.717, 1.165) is 11.0 Å². The first-order chi connectivity index (χ1) is 10.2. The van der Waals surface area contributed by atoms with Gasteiger partial charge in [-0.25, -0.2) is 0 Å².